The summed E-state index contributed by atoms with van der Waals surface area (Å²) in [6, 6.07) is 24.5. The van der Waals surface area contributed by atoms with Crippen LogP contribution in [0.1, 0.15) is 21.5 Å². The summed E-state index contributed by atoms with van der Waals surface area (Å²) in [7, 11) is -2.87. The number of carbonyl (C=O) groups is 1. The van der Waals surface area contributed by atoms with Gasteiger partial charge in [0.1, 0.15) is 4.90 Å². The summed E-state index contributed by atoms with van der Waals surface area (Å²) >= 11 is 0. The molecule has 8 heteroatoms. The van der Waals surface area contributed by atoms with Gasteiger partial charge in [-0.3, -0.25) is 14.1 Å². The first-order valence-electron chi connectivity index (χ1n) is 11.9. The van der Waals surface area contributed by atoms with Crippen molar-refractivity contribution >= 4 is 38.2 Å². The second-order valence-electron chi connectivity index (χ2n) is 9.34. The fraction of sp³-hybridized carbons (Fsp3) is 0.0667. The summed E-state index contributed by atoms with van der Waals surface area (Å²) in [5.41, 5.74) is 4.83. The second kappa shape index (κ2) is 8.51. The number of nitrogens with zero attached hydrogens (tertiary/aromatic N) is 1. The first kappa shape index (κ1) is 23.8. The number of ketones is 1. The Hall–Kier alpha value is -4.53. The van der Waals surface area contributed by atoms with E-state index in [1.54, 1.807) is 50.4 Å². The number of anilines is 2. The van der Waals surface area contributed by atoms with Crippen molar-refractivity contribution in [1.82, 2.24) is 4.57 Å². The van der Waals surface area contributed by atoms with E-state index in [2.05, 4.69) is 5.32 Å². The number of aryl methyl sites for hydroxylation is 2. The number of nitrogens with one attached hydrogen (secondary N) is 1. The third kappa shape index (κ3) is 3.57. The summed E-state index contributed by atoms with van der Waals surface area (Å²) in [5, 5.41) is 3.68. The number of fused-ring (bicyclic) bond motifs is 2. The predicted molar refractivity (Wildman–Crippen MR) is 148 cm³/mol. The van der Waals surface area contributed by atoms with Gasteiger partial charge in [-0.25, -0.2) is 0 Å². The number of hydrogen-bond donors (Lipinski definition) is 2. The minimum absolute atomic E-state index is 0.134. The van der Waals surface area contributed by atoms with Crippen LogP contribution in [-0.2, 0) is 17.2 Å². The molecule has 1 aliphatic carbocycles. The van der Waals surface area contributed by atoms with Gasteiger partial charge in [-0.1, -0.05) is 60.7 Å². The number of carbonyl (C=O) groups excluding carboxylic acids is 1. The standard InChI is InChI=1S/C30H22N2O5S/c1-17-12-13-21(24(16-17)38(35,36)37)31-22-14-15-23-28-26(19-10-6-7-11-20(19)29(33)27(22)28)25(30(34)32(23)2)18-8-4-3-5-9-18/h3-16,31H,1-2H3,(H,35,36,37). The smallest absolute Gasteiger partial charge is 0.296 e. The molecule has 0 spiro atoms. The van der Waals surface area contributed by atoms with Crippen molar-refractivity contribution in [3.05, 3.63) is 112 Å². The second-order valence-corrected chi connectivity index (χ2v) is 10.7. The fourth-order valence-corrected chi connectivity index (χ4v) is 5.97. The molecule has 1 aromatic heterocycles. The topological polar surface area (TPSA) is 105 Å². The molecule has 0 bridgehead atoms. The van der Waals surface area contributed by atoms with E-state index in [9.17, 15) is 22.6 Å². The molecule has 1 heterocycles. The van der Waals surface area contributed by atoms with Gasteiger partial charge in [-0.05, 0) is 47.9 Å². The molecule has 7 nitrogen and oxygen atoms in total. The molecule has 38 heavy (non-hydrogen) atoms. The Labute approximate surface area is 218 Å². The minimum atomic E-state index is -4.54. The van der Waals surface area contributed by atoms with Crippen LogP contribution in [0.3, 0.4) is 0 Å². The highest BCUT2D eigenvalue weighted by atomic mass is 32.2. The molecule has 0 saturated carbocycles. The number of pyridine rings is 1. The summed E-state index contributed by atoms with van der Waals surface area (Å²) in [5.74, 6) is -0.251. The fourth-order valence-electron chi connectivity index (χ4n) is 5.24. The highest BCUT2D eigenvalue weighted by Gasteiger charge is 2.32. The van der Waals surface area contributed by atoms with Crippen LogP contribution in [0.15, 0.2) is 94.6 Å². The Kier molecular flexibility index (Phi) is 5.34. The van der Waals surface area contributed by atoms with E-state index < -0.39 is 10.1 Å². The average molecular weight is 523 g/mol. The normalized spacial score (nSPS) is 12.4. The van der Waals surface area contributed by atoms with Crippen molar-refractivity contribution in [1.29, 1.82) is 0 Å². The number of aromatic nitrogens is 1. The van der Waals surface area contributed by atoms with Crippen LogP contribution >= 0.6 is 0 Å². The molecule has 4 aromatic carbocycles. The first-order chi connectivity index (χ1) is 18.2. The van der Waals surface area contributed by atoms with Crippen LogP contribution in [0.5, 0.6) is 0 Å². The Morgan fingerprint density at radius 3 is 2.13 bits per heavy atom. The third-order valence-corrected chi connectivity index (χ3v) is 7.87. The molecular weight excluding hydrogens is 500 g/mol. The van der Waals surface area contributed by atoms with E-state index in [0.717, 1.165) is 5.56 Å². The van der Waals surface area contributed by atoms with Gasteiger partial charge in [-0.15, -0.1) is 0 Å². The largest absolute Gasteiger partial charge is 0.354 e. The summed E-state index contributed by atoms with van der Waals surface area (Å²) in [6.07, 6.45) is 0. The van der Waals surface area contributed by atoms with Gasteiger partial charge < -0.3 is 9.88 Å². The molecule has 0 aliphatic heterocycles. The van der Waals surface area contributed by atoms with Crippen LogP contribution in [-0.4, -0.2) is 23.3 Å². The molecule has 0 radical (unpaired) electrons. The van der Waals surface area contributed by atoms with Crippen LogP contribution in [0.25, 0.3) is 33.2 Å². The van der Waals surface area contributed by atoms with Crippen molar-refractivity contribution in [2.75, 3.05) is 5.32 Å². The maximum Gasteiger partial charge on any atom is 0.296 e. The zero-order valence-electron chi connectivity index (χ0n) is 20.5. The lowest BCUT2D eigenvalue weighted by Gasteiger charge is -2.26. The SMILES string of the molecule is Cc1ccc(Nc2ccc3c4c2C(=O)c2ccccc2-c4c(-c2ccccc2)c(=O)n3C)c(S(=O)(=O)O)c1. The molecule has 6 rings (SSSR count). The molecule has 0 atom stereocenters. The van der Waals surface area contributed by atoms with Crippen LogP contribution in [0, 0.1) is 6.92 Å². The van der Waals surface area contributed by atoms with Gasteiger partial charge in [0, 0.05) is 23.6 Å². The lowest BCUT2D eigenvalue weighted by molar-refractivity contribution is 0.104. The van der Waals surface area contributed by atoms with Gasteiger partial charge >= 0.3 is 0 Å². The Morgan fingerprint density at radius 2 is 1.42 bits per heavy atom. The quantitative estimate of drug-likeness (QED) is 0.287. The summed E-state index contributed by atoms with van der Waals surface area (Å²) in [4.78, 5) is 27.4. The zero-order valence-corrected chi connectivity index (χ0v) is 21.3. The highest BCUT2D eigenvalue weighted by molar-refractivity contribution is 7.86. The maximum absolute atomic E-state index is 14.0. The minimum Gasteiger partial charge on any atom is -0.354 e. The van der Waals surface area contributed by atoms with Crippen molar-refractivity contribution in [2.24, 2.45) is 7.05 Å². The summed E-state index contributed by atoms with van der Waals surface area (Å²) in [6.45, 7) is 1.72. The van der Waals surface area contributed by atoms with E-state index in [-0.39, 0.29) is 21.9 Å². The monoisotopic (exact) mass is 522 g/mol. The molecular formula is C30H22N2O5S. The van der Waals surface area contributed by atoms with E-state index in [4.69, 9.17) is 0 Å². The maximum atomic E-state index is 14.0. The van der Waals surface area contributed by atoms with Crippen LogP contribution in [0.2, 0.25) is 0 Å². The molecule has 2 N–H and O–H groups in total. The molecule has 1 aliphatic rings. The van der Waals surface area contributed by atoms with Crippen LogP contribution in [0.4, 0.5) is 11.4 Å². The summed E-state index contributed by atoms with van der Waals surface area (Å²) < 4.78 is 35.7. The van der Waals surface area contributed by atoms with E-state index in [0.29, 0.717) is 50.0 Å². The Morgan fingerprint density at radius 1 is 0.763 bits per heavy atom. The van der Waals surface area contributed by atoms with Crippen molar-refractivity contribution in [3.63, 3.8) is 0 Å². The first-order valence-corrected chi connectivity index (χ1v) is 13.3. The molecule has 0 unspecified atom stereocenters. The molecule has 5 aromatic rings. The predicted octanol–water partition coefficient (Wildman–Crippen LogP) is 5.72. The molecule has 0 amide bonds. The van der Waals surface area contributed by atoms with E-state index >= 15 is 0 Å². The average Bonchev–Trinajstić information content (AvgIpc) is 2.90. The highest BCUT2D eigenvalue weighted by Crippen LogP contribution is 2.46. The third-order valence-electron chi connectivity index (χ3n) is 6.98. The molecule has 0 saturated heterocycles. The van der Waals surface area contributed by atoms with Crippen LogP contribution < -0.4 is 10.9 Å². The van der Waals surface area contributed by atoms with Gasteiger partial charge in [0.05, 0.1) is 28.0 Å². The van der Waals surface area contributed by atoms with Crippen molar-refractivity contribution in [3.8, 4) is 22.3 Å². The van der Waals surface area contributed by atoms with Crippen molar-refractivity contribution in [2.45, 2.75) is 11.8 Å². The number of rotatable bonds is 4. The van der Waals surface area contributed by atoms with Crippen molar-refractivity contribution < 1.29 is 17.8 Å². The van der Waals surface area contributed by atoms with Gasteiger partial charge in [0.25, 0.3) is 15.7 Å². The van der Waals surface area contributed by atoms with E-state index in [1.165, 1.54) is 10.6 Å². The molecule has 0 fully saturated rings. The number of benzene rings is 4. The lowest BCUT2D eigenvalue weighted by Crippen LogP contribution is -2.24. The Balaban J connectivity index is 1.74. The zero-order chi connectivity index (χ0) is 26.8. The van der Waals surface area contributed by atoms with Gasteiger partial charge in [0.2, 0.25) is 0 Å². The number of hydrogen-bond acceptors (Lipinski definition) is 5. The molecule has 188 valence electrons. The van der Waals surface area contributed by atoms with Gasteiger partial charge in [-0.2, -0.15) is 8.42 Å². The lowest BCUT2D eigenvalue weighted by atomic mass is 9.80. The van der Waals surface area contributed by atoms with E-state index in [1.807, 2.05) is 42.5 Å². The van der Waals surface area contributed by atoms with Gasteiger partial charge in [0.15, 0.2) is 5.78 Å². The Bertz CT molecular complexity index is 1980.